The minimum Gasteiger partial charge on any atom is -0.372 e. The summed E-state index contributed by atoms with van der Waals surface area (Å²) in [6.07, 6.45) is 2.65. The van der Waals surface area contributed by atoms with E-state index in [9.17, 15) is 4.79 Å². The van der Waals surface area contributed by atoms with E-state index in [0.29, 0.717) is 23.8 Å². The van der Waals surface area contributed by atoms with Gasteiger partial charge in [-0.15, -0.1) is 17.9 Å². The molecule has 0 fully saturated rings. The van der Waals surface area contributed by atoms with E-state index in [1.165, 1.54) is 0 Å². The van der Waals surface area contributed by atoms with Gasteiger partial charge in [-0.05, 0) is 23.7 Å². The number of thiophene rings is 1. The van der Waals surface area contributed by atoms with Crippen molar-refractivity contribution in [1.29, 1.82) is 0 Å². The molecule has 0 amide bonds. The largest absolute Gasteiger partial charge is 0.372 e. The Labute approximate surface area is 132 Å². The van der Waals surface area contributed by atoms with E-state index in [2.05, 4.69) is 25.4 Å². The first kappa shape index (κ1) is 14.7. The Morgan fingerprint density at radius 2 is 2.38 bits per heavy atom. The molecule has 6 heteroatoms. The van der Waals surface area contributed by atoms with Crippen molar-refractivity contribution in [2.45, 2.75) is 39.5 Å². The Bertz CT molecular complexity index is 813. The van der Waals surface area contributed by atoms with Crippen LogP contribution in [0.4, 0.5) is 0 Å². The summed E-state index contributed by atoms with van der Waals surface area (Å²) in [4.78, 5) is 17.9. The predicted octanol–water partition coefficient (Wildman–Crippen LogP) is 3.40. The summed E-state index contributed by atoms with van der Waals surface area (Å²) in [6, 6.07) is 0. The maximum absolute atomic E-state index is 12.7. The van der Waals surface area contributed by atoms with Crippen LogP contribution in [0.5, 0.6) is 0 Å². The molecule has 21 heavy (non-hydrogen) atoms. The first-order chi connectivity index (χ1) is 10.0. The summed E-state index contributed by atoms with van der Waals surface area (Å²) in [5, 5.41) is 0.777. The number of nitrogens with one attached hydrogen (secondary N) is 1. The van der Waals surface area contributed by atoms with Gasteiger partial charge in [-0.1, -0.05) is 19.9 Å². The number of allylic oxidation sites excluding steroid dienone is 1. The second-order valence-corrected chi connectivity index (χ2v) is 7.13. The molecule has 0 aromatic carbocycles. The fourth-order valence-corrected chi connectivity index (χ4v) is 4.18. The molecule has 4 nitrogen and oxygen atoms in total. The van der Waals surface area contributed by atoms with Gasteiger partial charge >= 0.3 is 0 Å². The standard InChI is InChI=1S/C15H18N2O2S2/c1-4-5-17-14(18)12-9-6-10(8(2)3)19-7-11(9)21-13(12)16-15(17)20/h4,8,10H,1,5-7H2,2-3H3,(H,16,20)/t10-/m0/s1. The quantitative estimate of drug-likeness (QED) is 0.696. The summed E-state index contributed by atoms with van der Waals surface area (Å²) < 4.78 is 7.91. The zero-order valence-corrected chi connectivity index (χ0v) is 13.8. The van der Waals surface area contributed by atoms with Crippen LogP contribution >= 0.6 is 23.6 Å². The van der Waals surface area contributed by atoms with Crippen LogP contribution in [0.15, 0.2) is 17.4 Å². The van der Waals surface area contributed by atoms with Crippen molar-refractivity contribution in [2.75, 3.05) is 0 Å². The first-order valence-electron chi connectivity index (χ1n) is 7.02. The minimum absolute atomic E-state index is 0.0180. The average molecular weight is 322 g/mol. The maximum atomic E-state index is 12.7. The number of hydrogen-bond donors (Lipinski definition) is 1. The van der Waals surface area contributed by atoms with E-state index in [-0.39, 0.29) is 11.7 Å². The summed E-state index contributed by atoms with van der Waals surface area (Å²) >= 11 is 6.86. The maximum Gasteiger partial charge on any atom is 0.263 e. The van der Waals surface area contributed by atoms with E-state index in [4.69, 9.17) is 17.0 Å². The van der Waals surface area contributed by atoms with Gasteiger partial charge in [0.15, 0.2) is 4.77 Å². The van der Waals surface area contributed by atoms with Crippen LogP contribution in [0.1, 0.15) is 24.3 Å². The Morgan fingerprint density at radius 3 is 3.05 bits per heavy atom. The molecule has 0 aliphatic carbocycles. The summed E-state index contributed by atoms with van der Waals surface area (Å²) in [7, 11) is 0. The molecule has 0 spiro atoms. The number of aromatic amines is 1. The molecule has 0 saturated carbocycles. The smallest absolute Gasteiger partial charge is 0.263 e. The number of ether oxygens (including phenoxy) is 1. The molecule has 3 rings (SSSR count). The van der Waals surface area contributed by atoms with Gasteiger partial charge in [-0.25, -0.2) is 0 Å². The van der Waals surface area contributed by atoms with Gasteiger partial charge in [0.2, 0.25) is 0 Å². The lowest BCUT2D eigenvalue weighted by atomic mass is 9.96. The molecule has 112 valence electrons. The van der Waals surface area contributed by atoms with Crippen molar-refractivity contribution in [1.82, 2.24) is 9.55 Å². The summed E-state index contributed by atoms with van der Waals surface area (Å²) in [6.45, 7) is 9.00. The van der Waals surface area contributed by atoms with Gasteiger partial charge in [0.25, 0.3) is 5.56 Å². The van der Waals surface area contributed by atoms with Crippen molar-refractivity contribution in [3.05, 3.63) is 38.2 Å². The fraction of sp³-hybridized carbons (Fsp3) is 0.467. The normalized spacial score (nSPS) is 18.1. The molecule has 1 aliphatic rings. The summed E-state index contributed by atoms with van der Waals surface area (Å²) in [5.74, 6) is 0.436. The topological polar surface area (TPSA) is 47.0 Å². The lowest BCUT2D eigenvalue weighted by Crippen LogP contribution is -2.28. The van der Waals surface area contributed by atoms with Gasteiger partial charge in [0, 0.05) is 17.8 Å². The van der Waals surface area contributed by atoms with Gasteiger partial charge in [-0.2, -0.15) is 0 Å². The van der Waals surface area contributed by atoms with Crippen LogP contribution in [-0.4, -0.2) is 15.7 Å². The highest BCUT2D eigenvalue weighted by Crippen LogP contribution is 2.34. The second kappa shape index (κ2) is 5.51. The molecule has 2 aromatic rings. The number of hydrogen-bond acceptors (Lipinski definition) is 4. The van der Waals surface area contributed by atoms with Gasteiger partial charge in [0.05, 0.1) is 18.1 Å². The predicted molar refractivity (Wildman–Crippen MR) is 88.6 cm³/mol. The van der Waals surface area contributed by atoms with Gasteiger partial charge < -0.3 is 9.72 Å². The molecule has 3 heterocycles. The third-order valence-electron chi connectivity index (χ3n) is 3.90. The zero-order chi connectivity index (χ0) is 15.1. The molecule has 0 radical (unpaired) electrons. The fourth-order valence-electron chi connectivity index (χ4n) is 2.72. The summed E-state index contributed by atoms with van der Waals surface area (Å²) in [5.41, 5.74) is 1.12. The molecule has 0 bridgehead atoms. The Morgan fingerprint density at radius 1 is 1.62 bits per heavy atom. The number of aromatic nitrogens is 2. The Kier molecular flexibility index (Phi) is 3.86. The lowest BCUT2D eigenvalue weighted by Gasteiger charge is -2.26. The molecular weight excluding hydrogens is 304 g/mol. The monoisotopic (exact) mass is 322 g/mol. The van der Waals surface area contributed by atoms with Crippen LogP contribution in [0, 0.1) is 10.7 Å². The molecule has 1 N–H and O–H groups in total. The second-order valence-electron chi connectivity index (χ2n) is 5.64. The highest BCUT2D eigenvalue weighted by Gasteiger charge is 2.27. The van der Waals surface area contributed by atoms with Crippen molar-refractivity contribution in [3.8, 4) is 0 Å². The first-order valence-corrected chi connectivity index (χ1v) is 8.25. The zero-order valence-electron chi connectivity index (χ0n) is 12.1. The average Bonchev–Trinajstić information content (AvgIpc) is 2.80. The van der Waals surface area contributed by atoms with Crippen molar-refractivity contribution >= 4 is 33.8 Å². The van der Waals surface area contributed by atoms with Crippen molar-refractivity contribution < 1.29 is 4.74 Å². The third kappa shape index (κ3) is 2.41. The van der Waals surface area contributed by atoms with Crippen LogP contribution < -0.4 is 5.56 Å². The lowest BCUT2D eigenvalue weighted by molar-refractivity contribution is 0.00200. The SMILES string of the molecule is C=CCn1c(=S)[nH]c2sc3c(c2c1=O)C[C@@H](C(C)C)OC3. The third-order valence-corrected chi connectivity index (χ3v) is 5.35. The van der Waals surface area contributed by atoms with E-state index in [1.54, 1.807) is 22.0 Å². The van der Waals surface area contributed by atoms with Gasteiger partial charge in [-0.3, -0.25) is 9.36 Å². The van der Waals surface area contributed by atoms with E-state index >= 15 is 0 Å². The minimum atomic E-state index is -0.0180. The number of nitrogens with zero attached hydrogens (tertiary/aromatic N) is 1. The Balaban J connectivity index is 2.23. The number of rotatable bonds is 3. The molecule has 0 unspecified atom stereocenters. The highest BCUT2D eigenvalue weighted by atomic mass is 32.1. The number of H-pyrrole nitrogens is 1. The van der Waals surface area contributed by atoms with Gasteiger partial charge in [0.1, 0.15) is 4.83 Å². The molecule has 2 aromatic heterocycles. The van der Waals surface area contributed by atoms with Crippen LogP contribution in [0.2, 0.25) is 0 Å². The molecule has 1 atom stereocenters. The van der Waals surface area contributed by atoms with E-state index < -0.39 is 0 Å². The van der Waals surface area contributed by atoms with Crippen LogP contribution in [-0.2, 0) is 24.3 Å². The van der Waals surface area contributed by atoms with Crippen molar-refractivity contribution in [2.24, 2.45) is 5.92 Å². The van der Waals surface area contributed by atoms with E-state index in [0.717, 1.165) is 27.1 Å². The molecular formula is C15H18N2O2S2. The highest BCUT2D eigenvalue weighted by molar-refractivity contribution is 7.71. The van der Waals surface area contributed by atoms with Crippen molar-refractivity contribution in [3.63, 3.8) is 0 Å². The van der Waals surface area contributed by atoms with Crippen LogP contribution in [0.3, 0.4) is 0 Å². The van der Waals surface area contributed by atoms with Crippen LogP contribution in [0.25, 0.3) is 10.2 Å². The number of fused-ring (bicyclic) bond motifs is 3. The Hall–Kier alpha value is -1.24. The molecule has 1 aliphatic heterocycles. The molecule has 0 saturated heterocycles. The van der Waals surface area contributed by atoms with E-state index in [1.807, 2.05) is 0 Å².